The molecule has 2 aromatic heterocycles. The van der Waals surface area contributed by atoms with Crippen LogP contribution in [0.25, 0.3) is 21.8 Å². The second kappa shape index (κ2) is 9.82. The van der Waals surface area contributed by atoms with Crippen LogP contribution in [0.4, 0.5) is 4.79 Å². The fourth-order valence-corrected chi connectivity index (χ4v) is 5.90. The van der Waals surface area contributed by atoms with Crippen molar-refractivity contribution >= 4 is 43.9 Å². The Kier molecular flexibility index (Phi) is 7.08. The molecule has 0 spiro atoms. The summed E-state index contributed by atoms with van der Waals surface area (Å²) >= 11 is 0. The lowest BCUT2D eigenvalue weighted by Crippen LogP contribution is -2.42. The van der Waals surface area contributed by atoms with Gasteiger partial charge in [0, 0.05) is 48.7 Å². The highest BCUT2D eigenvalue weighted by Crippen LogP contribution is 2.30. The molecule has 0 saturated carbocycles. The standard InChI is InChI=1S/C25H32N4O7S/c1-6-11-35-23(31)18-13-26-21-20(18)17-12-16(7-8-19(17)27-22(21)30)37(33,34)29-10-9-15(14-29)28(5)24(32)36-25(2,3)4/h7-8,12-13,15,26H,6,9-11,14H2,1-5H3,(H,27,30). The molecule has 12 heteroatoms. The third-order valence-electron chi connectivity index (χ3n) is 6.27. The molecule has 0 radical (unpaired) electrons. The van der Waals surface area contributed by atoms with E-state index in [1.165, 1.54) is 33.6 Å². The van der Waals surface area contributed by atoms with E-state index in [2.05, 4.69) is 9.97 Å². The highest BCUT2D eigenvalue weighted by Gasteiger charge is 2.37. The molecule has 1 aromatic carbocycles. The number of aromatic amines is 2. The minimum atomic E-state index is -3.93. The molecule has 200 valence electrons. The van der Waals surface area contributed by atoms with Gasteiger partial charge < -0.3 is 24.3 Å². The lowest BCUT2D eigenvalue weighted by molar-refractivity contribution is 0.0232. The van der Waals surface area contributed by atoms with E-state index < -0.39 is 33.2 Å². The number of nitrogens with one attached hydrogen (secondary N) is 2. The van der Waals surface area contributed by atoms with Gasteiger partial charge in [-0.15, -0.1) is 0 Å². The number of rotatable bonds is 6. The van der Waals surface area contributed by atoms with Crippen molar-refractivity contribution in [3.05, 3.63) is 40.3 Å². The average molecular weight is 533 g/mol. The SMILES string of the molecule is CCCOC(=O)c1c[nH]c2c(=O)[nH]c3ccc(S(=O)(=O)N4CCC(N(C)C(=O)OC(C)(C)C)C4)cc3c12. The Labute approximate surface area is 214 Å². The van der Waals surface area contributed by atoms with Crippen molar-refractivity contribution in [1.29, 1.82) is 0 Å². The second-order valence-electron chi connectivity index (χ2n) is 10.1. The third-order valence-corrected chi connectivity index (χ3v) is 8.13. The van der Waals surface area contributed by atoms with Crippen LogP contribution in [-0.4, -0.2) is 78.0 Å². The number of esters is 1. The van der Waals surface area contributed by atoms with E-state index >= 15 is 0 Å². The summed E-state index contributed by atoms with van der Waals surface area (Å²) in [7, 11) is -2.33. The van der Waals surface area contributed by atoms with Crippen LogP contribution < -0.4 is 5.56 Å². The van der Waals surface area contributed by atoms with Crippen molar-refractivity contribution in [3.8, 4) is 0 Å². The summed E-state index contributed by atoms with van der Waals surface area (Å²) in [5, 5.41) is 0.711. The highest BCUT2D eigenvalue weighted by atomic mass is 32.2. The maximum absolute atomic E-state index is 13.6. The number of nitrogens with zero attached hydrogens (tertiary/aromatic N) is 2. The number of sulfonamides is 1. The number of aromatic nitrogens is 2. The predicted molar refractivity (Wildman–Crippen MR) is 138 cm³/mol. The maximum atomic E-state index is 13.6. The molecule has 1 unspecified atom stereocenters. The minimum absolute atomic E-state index is 0.0167. The van der Waals surface area contributed by atoms with Crippen LogP contribution in [0.2, 0.25) is 0 Å². The first-order valence-electron chi connectivity index (χ1n) is 12.1. The number of fused-ring (bicyclic) bond motifs is 3. The Hall–Kier alpha value is -3.38. The summed E-state index contributed by atoms with van der Waals surface area (Å²) in [6.45, 7) is 7.76. The van der Waals surface area contributed by atoms with Crippen LogP contribution in [0.3, 0.4) is 0 Å². The van der Waals surface area contributed by atoms with Crippen molar-refractivity contribution in [2.24, 2.45) is 0 Å². The van der Waals surface area contributed by atoms with Gasteiger partial charge in [0.2, 0.25) is 10.0 Å². The predicted octanol–water partition coefficient (Wildman–Crippen LogP) is 3.21. The Morgan fingerprint density at radius 1 is 1.24 bits per heavy atom. The summed E-state index contributed by atoms with van der Waals surface area (Å²) < 4.78 is 39.1. The number of hydrogen-bond donors (Lipinski definition) is 2. The van der Waals surface area contributed by atoms with Gasteiger partial charge in [0.1, 0.15) is 11.1 Å². The maximum Gasteiger partial charge on any atom is 0.410 e. The molecule has 0 bridgehead atoms. The first kappa shape index (κ1) is 26.7. The van der Waals surface area contributed by atoms with E-state index in [-0.39, 0.29) is 41.7 Å². The number of ether oxygens (including phenoxy) is 2. The van der Waals surface area contributed by atoms with Crippen molar-refractivity contribution in [1.82, 2.24) is 19.2 Å². The van der Waals surface area contributed by atoms with Gasteiger partial charge in [0.25, 0.3) is 5.56 Å². The quantitative estimate of drug-likeness (QED) is 0.464. The topological polar surface area (TPSA) is 142 Å². The molecule has 3 heterocycles. The van der Waals surface area contributed by atoms with Gasteiger partial charge in [-0.1, -0.05) is 6.92 Å². The van der Waals surface area contributed by atoms with Gasteiger partial charge in [-0.2, -0.15) is 4.31 Å². The smallest absolute Gasteiger partial charge is 0.410 e. The largest absolute Gasteiger partial charge is 0.462 e. The summed E-state index contributed by atoms with van der Waals surface area (Å²) in [6.07, 6.45) is 1.99. The first-order chi connectivity index (χ1) is 17.3. The zero-order chi connectivity index (χ0) is 27.1. The monoisotopic (exact) mass is 532 g/mol. The lowest BCUT2D eigenvalue weighted by Gasteiger charge is -2.28. The summed E-state index contributed by atoms with van der Waals surface area (Å²) in [6, 6.07) is 4.06. The lowest BCUT2D eigenvalue weighted by atomic mass is 10.1. The summed E-state index contributed by atoms with van der Waals surface area (Å²) in [5.41, 5.74) is -0.377. The Morgan fingerprint density at radius 2 is 1.97 bits per heavy atom. The minimum Gasteiger partial charge on any atom is -0.462 e. The molecular formula is C25H32N4O7S. The number of benzene rings is 1. The summed E-state index contributed by atoms with van der Waals surface area (Å²) in [5.74, 6) is -0.596. The zero-order valence-corrected chi connectivity index (χ0v) is 22.4. The molecule has 1 aliphatic rings. The number of hydrogen-bond acceptors (Lipinski definition) is 7. The van der Waals surface area contributed by atoms with E-state index in [9.17, 15) is 22.8 Å². The number of pyridine rings is 1. The van der Waals surface area contributed by atoms with Crippen LogP contribution in [0.15, 0.2) is 34.1 Å². The van der Waals surface area contributed by atoms with E-state index in [0.29, 0.717) is 29.1 Å². The summed E-state index contributed by atoms with van der Waals surface area (Å²) in [4.78, 5) is 44.7. The molecule has 2 N–H and O–H groups in total. The molecular weight excluding hydrogens is 500 g/mol. The van der Waals surface area contributed by atoms with Gasteiger partial charge >= 0.3 is 12.1 Å². The molecule has 0 aliphatic carbocycles. The Morgan fingerprint density at radius 3 is 2.65 bits per heavy atom. The normalized spacial score (nSPS) is 16.8. The molecule has 1 aliphatic heterocycles. The molecule has 37 heavy (non-hydrogen) atoms. The number of H-pyrrole nitrogens is 2. The number of carbonyl (C=O) groups excluding carboxylic acids is 2. The molecule has 3 aromatic rings. The van der Waals surface area contributed by atoms with Crippen LogP contribution >= 0.6 is 0 Å². The number of amides is 1. The van der Waals surface area contributed by atoms with Gasteiger partial charge in [-0.05, 0) is 51.8 Å². The van der Waals surface area contributed by atoms with Crippen molar-refractivity contribution in [3.63, 3.8) is 0 Å². The van der Waals surface area contributed by atoms with Gasteiger partial charge in [0.05, 0.1) is 17.1 Å². The molecule has 1 atom stereocenters. The third kappa shape index (κ3) is 5.21. The highest BCUT2D eigenvalue weighted by molar-refractivity contribution is 7.89. The van der Waals surface area contributed by atoms with E-state index in [1.54, 1.807) is 27.8 Å². The fourth-order valence-electron chi connectivity index (χ4n) is 4.38. The molecule has 11 nitrogen and oxygen atoms in total. The van der Waals surface area contributed by atoms with E-state index in [4.69, 9.17) is 9.47 Å². The first-order valence-corrected chi connectivity index (χ1v) is 13.6. The van der Waals surface area contributed by atoms with Crippen LogP contribution in [0.1, 0.15) is 50.9 Å². The van der Waals surface area contributed by atoms with Gasteiger partial charge in [-0.25, -0.2) is 18.0 Å². The molecule has 1 saturated heterocycles. The van der Waals surface area contributed by atoms with Crippen molar-refractivity contribution in [2.75, 3.05) is 26.7 Å². The fraction of sp³-hybridized carbons (Fsp3) is 0.480. The average Bonchev–Trinajstić information content (AvgIpc) is 3.49. The Bertz CT molecular complexity index is 1520. The Balaban J connectivity index is 1.68. The van der Waals surface area contributed by atoms with Crippen molar-refractivity contribution in [2.45, 2.75) is 57.1 Å². The molecule has 4 rings (SSSR count). The number of carbonyl (C=O) groups is 2. The van der Waals surface area contributed by atoms with E-state index in [0.717, 1.165) is 0 Å². The van der Waals surface area contributed by atoms with E-state index in [1.807, 2.05) is 6.92 Å². The molecule has 1 fully saturated rings. The van der Waals surface area contributed by atoms with Crippen LogP contribution in [0, 0.1) is 0 Å². The second-order valence-corrected chi connectivity index (χ2v) is 12.1. The van der Waals surface area contributed by atoms with Crippen LogP contribution in [-0.2, 0) is 19.5 Å². The van der Waals surface area contributed by atoms with Gasteiger partial charge in [-0.3, -0.25) is 4.79 Å². The number of likely N-dealkylation sites (N-methyl/N-ethyl adjacent to an activating group) is 1. The van der Waals surface area contributed by atoms with Crippen molar-refractivity contribution < 1.29 is 27.5 Å². The van der Waals surface area contributed by atoms with Crippen LogP contribution in [0.5, 0.6) is 0 Å². The zero-order valence-electron chi connectivity index (χ0n) is 21.6. The molecule has 1 amide bonds. The van der Waals surface area contributed by atoms with Gasteiger partial charge in [0.15, 0.2) is 0 Å².